The molecule has 0 amide bonds. The molecule has 2 aromatic carbocycles. The third-order valence-electron chi connectivity index (χ3n) is 4.72. The standard InChI is InChI=1S/C22H26N2O3/c1-14-9-15(2)21-17(10-14)12-18(22(25)24-21)13-23-8-7-16-5-6-19(26-3)20(11-16)27-4/h5-6,9-12,23H,7-8,13H2,1-4H3,(H,24,25). The highest BCUT2D eigenvalue weighted by molar-refractivity contribution is 5.82. The van der Waals surface area contributed by atoms with Gasteiger partial charge in [0.05, 0.1) is 19.7 Å². The van der Waals surface area contributed by atoms with E-state index in [0.29, 0.717) is 6.54 Å². The lowest BCUT2D eigenvalue weighted by atomic mass is 10.1. The average Bonchev–Trinajstić information content (AvgIpc) is 2.66. The fourth-order valence-corrected chi connectivity index (χ4v) is 3.36. The number of H-pyrrole nitrogens is 1. The lowest BCUT2D eigenvalue weighted by Gasteiger charge is -2.10. The van der Waals surface area contributed by atoms with Crippen LogP contribution in [0, 0.1) is 13.8 Å². The van der Waals surface area contributed by atoms with Gasteiger partial charge in [-0.1, -0.05) is 17.7 Å². The molecule has 0 saturated carbocycles. The average molecular weight is 366 g/mol. The minimum Gasteiger partial charge on any atom is -0.493 e. The molecule has 1 heterocycles. The predicted molar refractivity (Wildman–Crippen MR) is 109 cm³/mol. The second kappa shape index (κ2) is 8.27. The highest BCUT2D eigenvalue weighted by atomic mass is 16.5. The SMILES string of the molecule is COc1ccc(CCNCc2cc3cc(C)cc(C)c3[nH]c2=O)cc1OC. The molecule has 142 valence electrons. The molecule has 27 heavy (non-hydrogen) atoms. The van der Waals surface area contributed by atoms with Crippen LogP contribution >= 0.6 is 0 Å². The highest BCUT2D eigenvalue weighted by Crippen LogP contribution is 2.27. The molecule has 0 aliphatic carbocycles. The molecule has 1 aromatic heterocycles. The van der Waals surface area contributed by atoms with Crippen LogP contribution in [0.3, 0.4) is 0 Å². The monoisotopic (exact) mass is 366 g/mol. The van der Waals surface area contributed by atoms with E-state index in [-0.39, 0.29) is 5.56 Å². The molecule has 0 saturated heterocycles. The number of pyridine rings is 1. The van der Waals surface area contributed by atoms with Gasteiger partial charge in [0.2, 0.25) is 0 Å². The Kier molecular flexibility index (Phi) is 5.81. The van der Waals surface area contributed by atoms with Gasteiger partial charge in [-0.25, -0.2) is 0 Å². The summed E-state index contributed by atoms with van der Waals surface area (Å²) < 4.78 is 10.6. The first-order valence-electron chi connectivity index (χ1n) is 9.06. The maximum absolute atomic E-state index is 12.4. The van der Waals surface area contributed by atoms with Gasteiger partial charge in [-0.05, 0) is 67.6 Å². The first-order chi connectivity index (χ1) is 13.0. The molecule has 0 unspecified atom stereocenters. The van der Waals surface area contributed by atoms with Gasteiger partial charge in [0.1, 0.15) is 0 Å². The zero-order valence-electron chi connectivity index (χ0n) is 16.3. The second-order valence-electron chi connectivity index (χ2n) is 6.79. The molecule has 0 aliphatic rings. The van der Waals surface area contributed by atoms with Gasteiger partial charge in [-0.3, -0.25) is 4.79 Å². The van der Waals surface area contributed by atoms with Gasteiger partial charge in [-0.15, -0.1) is 0 Å². The molecular formula is C22H26N2O3. The first kappa shape index (κ1) is 19.0. The molecule has 0 atom stereocenters. The van der Waals surface area contributed by atoms with E-state index in [1.54, 1.807) is 14.2 Å². The summed E-state index contributed by atoms with van der Waals surface area (Å²) in [7, 11) is 3.26. The molecule has 2 N–H and O–H groups in total. The molecule has 5 heteroatoms. The van der Waals surface area contributed by atoms with Crippen molar-refractivity contribution in [3.8, 4) is 11.5 Å². The quantitative estimate of drug-likeness (QED) is 0.628. The molecule has 0 aliphatic heterocycles. The molecule has 0 spiro atoms. The largest absolute Gasteiger partial charge is 0.493 e. The van der Waals surface area contributed by atoms with Crippen LogP contribution < -0.4 is 20.3 Å². The Labute approximate surface area is 159 Å². The van der Waals surface area contributed by atoms with E-state index >= 15 is 0 Å². The fourth-order valence-electron chi connectivity index (χ4n) is 3.36. The van der Waals surface area contributed by atoms with Crippen LogP contribution in [0.4, 0.5) is 0 Å². The van der Waals surface area contributed by atoms with Crippen LogP contribution in [0.5, 0.6) is 11.5 Å². The van der Waals surface area contributed by atoms with Crippen LogP contribution in [0.15, 0.2) is 41.2 Å². The molecule has 3 rings (SSSR count). The van der Waals surface area contributed by atoms with Gasteiger partial charge < -0.3 is 19.8 Å². The number of fused-ring (bicyclic) bond motifs is 1. The molecule has 0 radical (unpaired) electrons. The van der Waals surface area contributed by atoms with Crippen molar-refractivity contribution < 1.29 is 9.47 Å². The zero-order valence-corrected chi connectivity index (χ0v) is 16.3. The third kappa shape index (κ3) is 4.31. The Morgan fingerprint density at radius 3 is 2.52 bits per heavy atom. The summed E-state index contributed by atoms with van der Waals surface area (Å²) in [5.41, 5.74) is 5.07. The number of nitrogens with one attached hydrogen (secondary N) is 2. The van der Waals surface area contributed by atoms with Crippen molar-refractivity contribution in [1.29, 1.82) is 0 Å². The van der Waals surface area contributed by atoms with Crippen LogP contribution in [-0.4, -0.2) is 25.7 Å². The minimum absolute atomic E-state index is 0.0342. The minimum atomic E-state index is -0.0342. The van der Waals surface area contributed by atoms with Crippen LogP contribution in [-0.2, 0) is 13.0 Å². The van der Waals surface area contributed by atoms with E-state index in [0.717, 1.165) is 52.1 Å². The van der Waals surface area contributed by atoms with Crippen molar-refractivity contribution in [3.05, 3.63) is 69.0 Å². The lowest BCUT2D eigenvalue weighted by Crippen LogP contribution is -2.23. The van der Waals surface area contributed by atoms with Gasteiger partial charge in [0, 0.05) is 12.1 Å². The number of hydrogen-bond acceptors (Lipinski definition) is 4. The zero-order chi connectivity index (χ0) is 19.4. The lowest BCUT2D eigenvalue weighted by molar-refractivity contribution is 0.354. The van der Waals surface area contributed by atoms with Crippen molar-refractivity contribution in [2.24, 2.45) is 0 Å². The van der Waals surface area contributed by atoms with E-state index in [9.17, 15) is 4.79 Å². The smallest absolute Gasteiger partial charge is 0.252 e. The van der Waals surface area contributed by atoms with Gasteiger partial charge in [0.15, 0.2) is 11.5 Å². The van der Waals surface area contributed by atoms with E-state index in [2.05, 4.69) is 29.4 Å². The summed E-state index contributed by atoms with van der Waals surface area (Å²) in [4.78, 5) is 15.4. The van der Waals surface area contributed by atoms with Crippen LogP contribution in [0.1, 0.15) is 22.3 Å². The number of aromatic amines is 1. The van der Waals surface area contributed by atoms with E-state index in [1.807, 2.05) is 31.2 Å². The number of hydrogen-bond donors (Lipinski definition) is 2. The van der Waals surface area contributed by atoms with Crippen LogP contribution in [0.2, 0.25) is 0 Å². The van der Waals surface area contributed by atoms with Crippen molar-refractivity contribution >= 4 is 10.9 Å². The second-order valence-corrected chi connectivity index (χ2v) is 6.79. The van der Waals surface area contributed by atoms with E-state index < -0.39 is 0 Å². The Morgan fingerprint density at radius 2 is 1.78 bits per heavy atom. The Balaban J connectivity index is 1.65. The number of benzene rings is 2. The molecule has 0 fully saturated rings. The van der Waals surface area contributed by atoms with Gasteiger partial charge >= 0.3 is 0 Å². The van der Waals surface area contributed by atoms with Crippen molar-refractivity contribution in [3.63, 3.8) is 0 Å². The van der Waals surface area contributed by atoms with Crippen molar-refractivity contribution in [2.75, 3.05) is 20.8 Å². The number of aromatic nitrogens is 1. The van der Waals surface area contributed by atoms with Crippen molar-refractivity contribution in [2.45, 2.75) is 26.8 Å². The topological polar surface area (TPSA) is 63.3 Å². The number of aryl methyl sites for hydroxylation is 2. The summed E-state index contributed by atoms with van der Waals surface area (Å²) >= 11 is 0. The van der Waals surface area contributed by atoms with Gasteiger partial charge in [0.25, 0.3) is 5.56 Å². The highest BCUT2D eigenvalue weighted by Gasteiger charge is 2.07. The van der Waals surface area contributed by atoms with E-state index in [4.69, 9.17) is 9.47 Å². The summed E-state index contributed by atoms with van der Waals surface area (Å²) in [6.07, 6.45) is 0.837. The maximum atomic E-state index is 12.4. The number of methoxy groups -OCH3 is 2. The Bertz CT molecular complexity index is 1010. The summed E-state index contributed by atoms with van der Waals surface area (Å²) in [6, 6.07) is 12.1. The maximum Gasteiger partial charge on any atom is 0.252 e. The molecule has 3 aromatic rings. The van der Waals surface area contributed by atoms with Crippen molar-refractivity contribution in [1.82, 2.24) is 10.3 Å². The van der Waals surface area contributed by atoms with Crippen LogP contribution in [0.25, 0.3) is 10.9 Å². The number of rotatable bonds is 7. The summed E-state index contributed by atoms with van der Waals surface area (Å²) in [5.74, 6) is 1.45. The Hall–Kier alpha value is -2.79. The normalized spacial score (nSPS) is 11.0. The first-order valence-corrected chi connectivity index (χ1v) is 9.06. The molecule has 0 bridgehead atoms. The van der Waals surface area contributed by atoms with Gasteiger partial charge in [-0.2, -0.15) is 0 Å². The predicted octanol–water partition coefficient (Wildman–Crippen LogP) is 3.49. The molecule has 5 nitrogen and oxygen atoms in total. The molecular weight excluding hydrogens is 340 g/mol. The fraction of sp³-hybridized carbons (Fsp3) is 0.318. The number of ether oxygens (including phenoxy) is 2. The Morgan fingerprint density at radius 1 is 1.00 bits per heavy atom. The summed E-state index contributed by atoms with van der Waals surface area (Å²) in [5, 5.41) is 4.43. The van der Waals surface area contributed by atoms with E-state index in [1.165, 1.54) is 5.56 Å². The summed E-state index contributed by atoms with van der Waals surface area (Å²) in [6.45, 7) is 5.39. The third-order valence-corrected chi connectivity index (χ3v) is 4.72.